The molecule has 0 fully saturated rings. The van der Waals surface area contributed by atoms with E-state index < -0.39 is 5.60 Å². The summed E-state index contributed by atoms with van der Waals surface area (Å²) >= 11 is 0. The van der Waals surface area contributed by atoms with Crippen LogP contribution in [0, 0.1) is 30.1 Å². The third-order valence-electron chi connectivity index (χ3n) is 5.83. The van der Waals surface area contributed by atoms with Crippen LogP contribution in [0.25, 0.3) is 0 Å². The molecule has 0 saturated heterocycles. The van der Waals surface area contributed by atoms with Crippen LogP contribution >= 0.6 is 0 Å². The molecule has 2 rings (SSSR count). The molecule has 0 amide bonds. The Kier molecular flexibility index (Phi) is 13.4. The SMILES string of the molecule is C#Cc1cccc(CCCCCC(C)(C)C)c1.C#Cc1cccc(CCCCCC(C)(C)O)c1. The van der Waals surface area contributed by atoms with Crippen molar-refractivity contribution in [3.8, 4) is 24.7 Å². The van der Waals surface area contributed by atoms with Gasteiger partial charge in [-0.1, -0.05) is 82.6 Å². The monoisotopic (exact) mass is 458 g/mol. The molecule has 1 nitrogen and oxygen atoms in total. The minimum absolute atomic E-state index is 0.476. The van der Waals surface area contributed by atoms with E-state index in [1.165, 1.54) is 36.8 Å². The fourth-order valence-electron chi connectivity index (χ4n) is 3.86. The highest BCUT2D eigenvalue weighted by Crippen LogP contribution is 2.22. The van der Waals surface area contributed by atoms with Crippen molar-refractivity contribution in [3.05, 3.63) is 70.8 Å². The van der Waals surface area contributed by atoms with Crippen LogP contribution in [0.4, 0.5) is 0 Å². The van der Waals surface area contributed by atoms with Gasteiger partial charge < -0.3 is 5.11 Å². The van der Waals surface area contributed by atoms with Crippen molar-refractivity contribution in [2.24, 2.45) is 5.41 Å². The Morgan fingerprint density at radius 3 is 1.47 bits per heavy atom. The molecule has 0 spiro atoms. The number of unbranched alkanes of at least 4 members (excludes halogenated alkanes) is 4. The highest BCUT2D eigenvalue weighted by molar-refractivity contribution is 5.36. The van der Waals surface area contributed by atoms with Crippen LogP contribution in [0.5, 0.6) is 0 Å². The number of hydrogen-bond donors (Lipinski definition) is 1. The first-order valence-electron chi connectivity index (χ1n) is 12.9. The summed E-state index contributed by atoms with van der Waals surface area (Å²) in [4.78, 5) is 0. The van der Waals surface area contributed by atoms with Crippen molar-refractivity contribution in [1.82, 2.24) is 0 Å². The molecule has 0 radical (unpaired) electrons. The number of rotatable bonds is 11. The highest BCUT2D eigenvalue weighted by atomic mass is 16.3. The van der Waals surface area contributed by atoms with Gasteiger partial charge in [-0.15, -0.1) is 12.8 Å². The van der Waals surface area contributed by atoms with Crippen molar-refractivity contribution in [3.63, 3.8) is 0 Å². The standard InChI is InChI=1S/C17H24.C16H22O/c1-5-15-11-9-12-16(14-15)10-7-6-8-13-17(2,3)4;1-4-14-10-8-11-15(13-14)9-6-5-7-12-16(2,3)17/h1,9,11-12,14H,6-8,10,13H2,2-4H3;1,8,10-11,13,17H,5-7,9,12H2,2-3H3. The number of aliphatic hydroxyl groups is 1. The zero-order chi connectivity index (χ0) is 25.5. The summed E-state index contributed by atoms with van der Waals surface area (Å²) in [7, 11) is 0. The predicted octanol–water partition coefficient (Wildman–Crippen LogP) is 8.36. The van der Waals surface area contributed by atoms with Gasteiger partial charge in [-0.2, -0.15) is 0 Å². The van der Waals surface area contributed by atoms with Crippen molar-refractivity contribution in [2.75, 3.05) is 0 Å². The largest absolute Gasteiger partial charge is 0.390 e. The summed E-state index contributed by atoms with van der Waals surface area (Å²) < 4.78 is 0. The molecular formula is C33H46O. The average molecular weight is 459 g/mol. The quantitative estimate of drug-likeness (QED) is 0.265. The lowest BCUT2D eigenvalue weighted by Crippen LogP contribution is -2.17. The number of benzene rings is 2. The smallest absolute Gasteiger partial charge is 0.0591 e. The zero-order valence-electron chi connectivity index (χ0n) is 22.3. The van der Waals surface area contributed by atoms with E-state index in [4.69, 9.17) is 12.8 Å². The van der Waals surface area contributed by atoms with Gasteiger partial charge in [0.15, 0.2) is 0 Å². The van der Waals surface area contributed by atoms with Gasteiger partial charge in [0, 0.05) is 11.1 Å². The van der Waals surface area contributed by atoms with Crippen LogP contribution in [0.2, 0.25) is 0 Å². The Balaban J connectivity index is 0.000000340. The molecule has 0 bridgehead atoms. The maximum absolute atomic E-state index is 9.58. The fraction of sp³-hybridized carbons (Fsp3) is 0.515. The van der Waals surface area contributed by atoms with Crippen molar-refractivity contribution >= 4 is 0 Å². The molecule has 1 N–H and O–H groups in total. The van der Waals surface area contributed by atoms with Gasteiger partial charge in [-0.05, 0) is 93.2 Å². The van der Waals surface area contributed by atoms with Crippen molar-refractivity contribution in [2.45, 2.75) is 104 Å². The number of hydrogen-bond acceptors (Lipinski definition) is 1. The fourth-order valence-corrected chi connectivity index (χ4v) is 3.86. The molecule has 0 aliphatic carbocycles. The van der Waals surface area contributed by atoms with Gasteiger partial charge in [0.2, 0.25) is 0 Å². The van der Waals surface area contributed by atoms with E-state index in [1.807, 2.05) is 32.0 Å². The van der Waals surface area contributed by atoms with E-state index in [0.29, 0.717) is 5.41 Å². The van der Waals surface area contributed by atoms with Gasteiger partial charge in [-0.25, -0.2) is 0 Å². The molecule has 0 heterocycles. The topological polar surface area (TPSA) is 20.2 Å². The molecule has 0 aliphatic rings. The van der Waals surface area contributed by atoms with Crippen LogP contribution in [-0.4, -0.2) is 10.7 Å². The van der Waals surface area contributed by atoms with E-state index in [0.717, 1.165) is 49.7 Å². The third kappa shape index (κ3) is 15.4. The van der Waals surface area contributed by atoms with Gasteiger partial charge in [0.1, 0.15) is 0 Å². The molecule has 0 unspecified atom stereocenters. The summed E-state index contributed by atoms with van der Waals surface area (Å²) in [6.45, 7) is 10.7. The predicted molar refractivity (Wildman–Crippen MR) is 149 cm³/mol. The van der Waals surface area contributed by atoms with E-state index in [1.54, 1.807) is 0 Å². The lowest BCUT2D eigenvalue weighted by Gasteiger charge is -2.17. The van der Waals surface area contributed by atoms with Gasteiger partial charge in [0.05, 0.1) is 5.60 Å². The van der Waals surface area contributed by atoms with E-state index >= 15 is 0 Å². The van der Waals surface area contributed by atoms with Crippen molar-refractivity contribution in [1.29, 1.82) is 0 Å². The summed E-state index contributed by atoms with van der Waals surface area (Å²) in [6.07, 6.45) is 22.5. The molecule has 2 aromatic carbocycles. The van der Waals surface area contributed by atoms with Gasteiger partial charge in [-0.3, -0.25) is 0 Å². The normalized spacial score (nSPS) is 11.2. The first-order chi connectivity index (χ1) is 16.0. The maximum Gasteiger partial charge on any atom is 0.0591 e. The number of aryl methyl sites for hydroxylation is 2. The van der Waals surface area contributed by atoms with E-state index in [2.05, 4.69) is 62.9 Å². The first-order valence-corrected chi connectivity index (χ1v) is 12.9. The van der Waals surface area contributed by atoms with Crippen LogP contribution in [0.3, 0.4) is 0 Å². The molecule has 0 aliphatic heterocycles. The summed E-state index contributed by atoms with van der Waals surface area (Å²) in [6, 6.07) is 16.5. The number of terminal acetylenes is 2. The molecule has 0 atom stereocenters. The second-order valence-electron chi connectivity index (χ2n) is 11.2. The molecular weight excluding hydrogens is 412 g/mol. The minimum Gasteiger partial charge on any atom is -0.390 e. The third-order valence-corrected chi connectivity index (χ3v) is 5.83. The summed E-state index contributed by atoms with van der Waals surface area (Å²) in [5, 5.41) is 9.58. The molecule has 0 saturated carbocycles. The Labute approximate surface area is 210 Å². The second-order valence-corrected chi connectivity index (χ2v) is 11.2. The second kappa shape index (κ2) is 15.4. The Hall–Kier alpha value is -2.48. The maximum atomic E-state index is 9.58. The lowest BCUT2D eigenvalue weighted by atomic mass is 9.89. The summed E-state index contributed by atoms with van der Waals surface area (Å²) in [5.41, 5.74) is 4.59. The first kappa shape index (κ1) is 29.6. The van der Waals surface area contributed by atoms with E-state index in [9.17, 15) is 5.11 Å². The molecule has 0 aromatic heterocycles. The molecule has 1 heteroatoms. The van der Waals surface area contributed by atoms with Gasteiger partial charge >= 0.3 is 0 Å². The Bertz CT molecular complexity index is 832. The van der Waals surface area contributed by atoms with Crippen LogP contribution in [0.15, 0.2) is 48.5 Å². The van der Waals surface area contributed by atoms with Gasteiger partial charge in [0.25, 0.3) is 0 Å². The highest BCUT2D eigenvalue weighted by Gasteiger charge is 2.11. The Morgan fingerprint density at radius 1 is 0.647 bits per heavy atom. The zero-order valence-corrected chi connectivity index (χ0v) is 22.3. The Morgan fingerprint density at radius 2 is 1.09 bits per heavy atom. The molecule has 184 valence electrons. The van der Waals surface area contributed by atoms with E-state index in [-0.39, 0.29) is 0 Å². The minimum atomic E-state index is -0.524. The lowest BCUT2D eigenvalue weighted by molar-refractivity contribution is 0.0681. The van der Waals surface area contributed by atoms with Crippen LogP contribution in [-0.2, 0) is 12.8 Å². The van der Waals surface area contributed by atoms with Crippen LogP contribution < -0.4 is 0 Å². The summed E-state index contributed by atoms with van der Waals surface area (Å²) in [5.74, 6) is 5.34. The molecule has 34 heavy (non-hydrogen) atoms. The average Bonchev–Trinajstić information content (AvgIpc) is 2.78. The van der Waals surface area contributed by atoms with Crippen LogP contribution in [0.1, 0.15) is 108 Å². The molecule has 2 aromatic rings. The van der Waals surface area contributed by atoms with Crippen molar-refractivity contribution < 1.29 is 5.11 Å².